The van der Waals surface area contributed by atoms with Gasteiger partial charge in [0.1, 0.15) is 0 Å². The first-order chi connectivity index (χ1) is 13.8. The molecule has 0 spiro atoms. The number of rotatable bonds is 16. The molecule has 0 fully saturated rings. The van der Waals surface area contributed by atoms with E-state index in [2.05, 4.69) is 54.2 Å². The van der Waals surface area contributed by atoms with Crippen molar-refractivity contribution in [3.63, 3.8) is 0 Å². The van der Waals surface area contributed by atoms with E-state index in [-0.39, 0.29) is 0 Å². The fourth-order valence-corrected chi connectivity index (χ4v) is 4.22. The summed E-state index contributed by atoms with van der Waals surface area (Å²) >= 11 is 0. The van der Waals surface area contributed by atoms with E-state index in [1.54, 1.807) is 0 Å². The van der Waals surface area contributed by atoms with Gasteiger partial charge in [0.05, 0.1) is 5.92 Å². The van der Waals surface area contributed by atoms with Crippen LogP contribution in [-0.4, -0.2) is 12.4 Å². The molecule has 1 heterocycles. The van der Waals surface area contributed by atoms with Gasteiger partial charge in [-0.3, -0.25) is 0 Å². The van der Waals surface area contributed by atoms with Gasteiger partial charge in [0, 0.05) is 0 Å². The predicted octanol–water partition coefficient (Wildman–Crippen LogP) is 7.83. The Morgan fingerprint density at radius 3 is 1.86 bits per heavy atom. The lowest BCUT2D eigenvalue weighted by Gasteiger charge is -2.22. The molecule has 0 saturated heterocycles. The summed E-state index contributed by atoms with van der Waals surface area (Å²) in [5.41, 5.74) is 1.44. The topological polar surface area (TPSA) is 24.7 Å². The highest BCUT2D eigenvalue weighted by atomic mass is 15.0. The zero-order valence-corrected chi connectivity index (χ0v) is 18.3. The average molecular weight is 382 g/mol. The van der Waals surface area contributed by atoms with E-state index >= 15 is 0 Å². The highest BCUT2D eigenvalue weighted by molar-refractivity contribution is 6.18. The number of hydrogen-bond donors (Lipinski definition) is 0. The van der Waals surface area contributed by atoms with Gasteiger partial charge in [0.25, 0.3) is 0 Å². The minimum absolute atomic E-state index is 0.429. The molecule has 1 aromatic carbocycles. The Morgan fingerprint density at radius 1 is 0.750 bits per heavy atom. The second-order valence-electron chi connectivity index (χ2n) is 8.48. The highest BCUT2D eigenvalue weighted by Gasteiger charge is 2.31. The number of hydrogen-bond acceptors (Lipinski definition) is 2. The molecule has 0 saturated carbocycles. The van der Waals surface area contributed by atoms with Gasteiger partial charge >= 0.3 is 0 Å². The Morgan fingerprint density at radius 2 is 1.29 bits per heavy atom. The Kier molecular flexibility index (Phi) is 11.7. The lowest BCUT2D eigenvalue weighted by Crippen LogP contribution is -2.19. The molecule has 0 aromatic heterocycles. The quantitative estimate of drug-likeness (QED) is 0.206. The van der Waals surface area contributed by atoms with Gasteiger partial charge in [-0.1, -0.05) is 118 Å². The van der Waals surface area contributed by atoms with Crippen molar-refractivity contribution in [3.05, 3.63) is 42.1 Å². The number of nitrogens with zero attached hydrogens (tertiary/aromatic N) is 2. The summed E-state index contributed by atoms with van der Waals surface area (Å²) in [6.07, 6.45) is 22.5. The SMILES string of the molecule is CCCCCCCCCCCCCC(Cc1ccccc1)C(C)[C+]1N=CC=N1. The maximum atomic E-state index is 4.47. The highest BCUT2D eigenvalue weighted by Crippen LogP contribution is 2.32. The predicted molar refractivity (Wildman–Crippen MR) is 124 cm³/mol. The second kappa shape index (κ2) is 14.4. The van der Waals surface area contributed by atoms with Crippen LogP contribution >= 0.6 is 0 Å². The zero-order valence-electron chi connectivity index (χ0n) is 18.3. The van der Waals surface area contributed by atoms with Gasteiger partial charge < -0.3 is 0 Å². The molecule has 154 valence electrons. The molecule has 28 heavy (non-hydrogen) atoms. The van der Waals surface area contributed by atoms with Crippen LogP contribution in [0.4, 0.5) is 0 Å². The second-order valence-corrected chi connectivity index (χ2v) is 8.48. The summed E-state index contributed by atoms with van der Waals surface area (Å²) in [5, 5.41) is 0. The van der Waals surface area contributed by atoms with Crippen LogP contribution in [0.3, 0.4) is 0 Å². The normalized spacial score (nSPS) is 15.3. The van der Waals surface area contributed by atoms with Crippen molar-refractivity contribution in [2.45, 2.75) is 97.3 Å². The Labute approximate surface area is 174 Å². The molecule has 2 rings (SSSR count). The van der Waals surface area contributed by atoms with Crippen molar-refractivity contribution in [1.29, 1.82) is 0 Å². The summed E-state index contributed by atoms with van der Waals surface area (Å²) in [7, 11) is 0. The van der Waals surface area contributed by atoms with Crippen LogP contribution in [0.25, 0.3) is 0 Å². The molecule has 1 aliphatic heterocycles. The molecule has 0 N–H and O–H groups in total. The third-order valence-corrected chi connectivity index (χ3v) is 6.11. The van der Waals surface area contributed by atoms with Crippen LogP contribution in [0, 0.1) is 18.0 Å². The first-order valence-corrected chi connectivity index (χ1v) is 11.8. The van der Waals surface area contributed by atoms with Crippen molar-refractivity contribution < 1.29 is 0 Å². The van der Waals surface area contributed by atoms with Gasteiger partial charge in [0.15, 0.2) is 12.4 Å². The van der Waals surface area contributed by atoms with Crippen molar-refractivity contribution in [1.82, 2.24) is 0 Å². The molecule has 0 amide bonds. The molecule has 2 nitrogen and oxygen atoms in total. The van der Waals surface area contributed by atoms with Crippen molar-refractivity contribution in [2.75, 3.05) is 0 Å². The number of aliphatic imine (C=N–C) groups is 2. The lowest BCUT2D eigenvalue weighted by atomic mass is 9.82. The number of benzene rings is 1. The summed E-state index contributed by atoms with van der Waals surface area (Å²) < 4.78 is 0. The maximum Gasteiger partial charge on any atom is 0.243 e. The van der Waals surface area contributed by atoms with Gasteiger partial charge in [-0.05, 0) is 31.2 Å². The average Bonchev–Trinajstić information content (AvgIpc) is 3.26. The molecule has 0 radical (unpaired) electrons. The summed E-state index contributed by atoms with van der Waals surface area (Å²) in [5.74, 6) is 1.06. The third kappa shape index (κ3) is 9.08. The molecule has 1 aromatic rings. The van der Waals surface area contributed by atoms with Gasteiger partial charge in [-0.15, -0.1) is 0 Å². The molecule has 2 heteroatoms. The standard InChI is InChI=1S/C26H41N2/c1-3-4-5-6-7-8-9-10-11-12-16-19-25(22-24-17-14-13-15-18-24)23(2)26-27-20-21-28-26/h13-15,17-18,20-21,23,25H,3-12,16,19,22H2,1-2H3/q+1. The molecule has 2 unspecified atom stereocenters. The molecule has 0 bridgehead atoms. The van der Waals surface area contributed by atoms with Crippen LogP contribution < -0.4 is 0 Å². The molecular weight excluding hydrogens is 340 g/mol. The fourth-order valence-electron chi connectivity index (χ4n) is 4.22. The van der Waals surface area contributed by atoms with E-state index in [0.717, 1.165) is 12.6 Å². The smallest absolute Gasteiger partial charge is 0.0965 e. The van der Waals surface area contributed by atoms with E-state index in [1.807, 2.05) is 12.4 Å². The van der Waals surface area contributed by atoms with Crippen LogP contribution in [0.15, 0.2) is 40.3 Å². The monoisotopic (exact) mass is 381 g/mol. The van der Waals surface area contributed by atoms with E-state index in [0.29, 0.717) is 11.8 Å². The minimum atomic E-state index is 0.429. The molecule has 0 aliphatic carbocycles. The largest absolute Gasteiger partial charge is 0.243 e. The minimum Gasteiger partial charge on any atom is -0.0965 e. The van der Waals surface area contributed by atoms with E-state index in [9.17, 15) is 0 Å². The summed E-state index contributed by atoms with van der Waals surface area (Å²) in [4.78, 5) is 8.94. The fraction of sp³-hybridized carbons (Fsp3) is 0.654. The lowest BCUT2D eigenvalue weighted by molar-refractivity contribution is 0.328. The van der Waals surface area contributed by atoms with Gasteiger partial charge in [0.2, 0.25) is 6.17 Å². The number of unbranched alkanes of at least 4 members (excludes halogenated alkanes) is 10. The zero-order chi connectivity index (χ0) is 19.9. The molecule has 1 aliphatic rings. The first kappa shape index (κ1) is 22.7. The molecular formula is C26H41N2+. The Hall–Kier alpha value is -1.57. The van der Waals surface area contributed by atoms with Crippen molar-refractivity contribution in [2.24, 2.45) is 21.8 Å². The third-order valence-electron chi connectivity index (χ3n) is 6.11. The Balaban J connectivity index is 1.63. The van der Waals surface area contributed by atoms with Gasteiger partial charge in [-0.25, -0.2) is 0 Å². The van der Waals surface area contributed by atoms with Crippen LogP contribution in [0.5, 0.6) is 0 Å². The molecule has 2 atom stereocenters. The van der Waals surface area contributed by atoms with Crippen LogP contribution in [0.2, 0.25) is 0 Å². The Bertz CT molecular complexity index is 537. The van der Waals surface area contributed by atoms with Crippen LogP contribution in [0.1, 0.15) is 96.5 Å². The summed E-state index contributed by atoms with van der Waals surface area (Å²) in [6.45, 7) is 4.60. The van der Waals surface area contributed by atoms with E-state index < -0.39 is 0 Å². The van der Waals surface area contributed by atoms with Gasteiger partial charge in [-0.2, -0.15) is 0 Å². The van der Waals surface area contributed by atoms with E-state index in [1.165, 1.54) is 82.6 Å². The first-order valence-electron chi connectivity index (χ1n) is 11.8. The summed E-state index contributed by atoms with van der Waals surface area (Å²) in [6, 6.07) is 10.9. The van der Waals surface area contributed by atoms with Crippen molar-refractivity contribution in [3.8, 4) is 0 Å². The van der Waals surface area contributed by atoms with E-state index in [4.69, 9.17) is 0 Å². The maximum absolute atomic E-state index is 4.47. The van der Waals surface area contributed by atoms with Crippen molar-refractivity contribution >= 4 is 12.4 Å². The van der Waals surface area contributed by atoms with Crippen LogP contribution in [-0.2, 0) is 6.42 Å².